The summed E-state index contributed by atoms with van der Waals surface area (Å²) in [5.41, 5.74) is 2.98. The van der Waals surface area contributed by atoms with E-state index in [4.69, 9.17) is 0 Å². The molecule has 91 valence electrons. The molecule has 1 heterocycles. The quantitative estimate of drug-likeness (QED) is 0.442. The van der Waals surface area contributed by atoms with Gasteiger partial charge in [-0.25, -0.2) is 0 Å². The number of aryl methyl sites for hydroxylation is 1. The Morgan fingerprint density at radius 1 is 1.39 bits per heavy atom. The molecule has 5 heteroatoms. The van der Waals surface area contributed by atoms with Gasteiger partial charge in [-0.05, 0) is 3.57 Å². The van der Waals surface area contributed by atoms with E-state index < -0.39 is 0 Å². The van der Waals surface area contributed by atoms with Crippen molar-refractivity contribution in [3.63, 3.8) is 0 Å². The molecule has 1 radical (unpaired) electrons. The van der Waals surface area contributed by atoms with Crippen LogP contribution in [0, 0.1) is 16.6 Å². The van der Waals surface area contributed by atoms with Crippen molar-refractivity contribution < 1.29 is 32.7 Å². The maximum Gasteiger partial charge on any atom is 0.207 e. The van der Waals surface area contributed by atoms with Gasteiger partial charge in [-0.2, -0.15) is 12.1 Å². The molecule has 0 N–H and O–H groups in total. The molecule has 0 atom stereocenters. The van der Waals surface area contributed by atoms with E-state index in [-0.39, 0.29) is 38.3 Å². The van der Waals surface area contributed by atoms with Crippen LogP contribution in [0.2, 0.25) is 0 Å². The first-order valence-electron chi connectivity index (χ1n) is 5.04. The van der Waals surface area contributed by atoms with E-state index in [9.17, 15) is 4.79 Å². The SMILES string of the molecule is Cc1cc(Br)ccc1-c1[c-]cc(I)c(=O)n1C.[Y]. The Balaban J connectivity index is 0.00000162. The van der Waals surface area contributed by atoms with Crippen molar-refractivity contribution >= 4 is 38.5 Å². The molecule has 1 aromatic heterocycles. The molecular weight excluding hydrogens is 482 g/mol. The van der Waals surface area contributed by atoms with Crippen LogP contribution in [0.5, 0.6) is 0 Å². The van der Waals surface area contributed by atoms with Gasteiger partial charge in [0.2, 0.25) is 5.56 Å². The zero-order valence-corrected chi connectivity index (χ0v) is 16.6. The summed E-state index contributed by atoms with van der Waals surface area (Å²) in [7, 11) is 1.78. The van der Waals surface area contributed by atoms with Gasteiger partial charge >= 0.3 is 0 Å². The van der Waals surface area contributed by atoms with Crippen LogP contribution in [0.3, 0.4) is 0 Å². The number of nitrogens with zero attached hydrogens (tertiary/aromatic N) is 1. The maximum atomic E-state index is 11.9. The Bertz CT molecular complexity index is 639. The molecule has 0 aliphatic rings. The van der Waals surface area contributed by atoms with Crippen LogP contribution in [0.1, 0.15) is 5.56 Å². The zero-order chi connectivity index (χ0) is 12.6. The number of hydrogen-bond donors (Lipinski definition) is 0. The van der Waals surface area contributed by atoms with Crippen LogP contribution in [0.4, 0.5) is 0 Å². The van der Waals surface area contributed by atoms with Crippen molar-refractivity contribution in [1.82, 2.24) is 4.57 Å². The van der Waals surface area contributed by atoms with Gasteiger partial charge in [0.25, 0.3) is 0 Å². The smallest absolute Gasteiger partial charge is 0.207 e. The van der Waals surface area contributed by atoms with E-state index in [0.717, 1.165) is 21.3 Å². The molecule has 2 rings (SSSR count). The standard InChI is InChI=1S/C13H10BrINO.Y/c1-8-7-9(14)3-4-10(8)12-6-5-11(15)13(17)16(12)2;/h3-5,7H,1-2H3;/q-1;. The molecule has 0 spiro atoms. The normalized spacial score (nSPS) is 10.0. The minimum Gasteiger partial charge on any atom is -0.345 e. The predicted octanol–water partition coefficient (Wildman–Crippen LogP) is 3.53. The van der Waals surface area contributed by atoms with Crippen molar-refractivity contribution in [2.24, 2.45) is 7.05 Å². The third-order valence-corrected chi connectivity index (χ3v) is 3.89. The number of rotatable bonds is 1. The number of halogens is 2. The summed E-state index contributed by atoms with van der Waals surface area (Å²) in [6.07, 6.45) is 0. The number of benzene rings is 1. The minimum atomic E-state index is 0. The first-order valence-corrected chi connectivity index (χ1v) is 6.91. The van der Waals surface area contributed by atoms with Gasteiger partial charge in [-0.15, -0.1) is 28.7 Å². The fourth-order valence-electron chi connectivity index (χ4n) is 1.70. The van der Waals surface area contributed by atoms with Gasteiger partial charge in [-0.1, -0.05) is 51.8 Å². The van der Waals surface area contributed by atoms with Crippen LogP contribution >= 0.6 is 38.5 Å². The van der Waals surface area contributed by atoms with E-state index >= 15 is 0 Å². The molecule has 0 unspecified atom stereocenters. The van der Waals surface area contributed by atoms with Gasteiger partial charge in [0.1, 0.15) is 0 Å². The summed E-state index contributed by atoms with van der Waals surface area (Å²) >= 11 is 5.46. The molecule has 2 nitrogen and oxygen atoms in total. The predicted molar refractivity (Wildman–Crippen MR) is 81.1 cm³/mol. The van der Waals surface area contributed by atoms with Crippen LogP contribution < -0.4 is 5.56 Å². The second-order valence-corrected chi connectivity index (χ2v) is 5.89. The van der Waals surface area contributed by atoms with E-state index in [0.29, 0.717) is 3.57 Å². The Kier molecular flexibility index (Phi) is 6.22. The van der Waals surface area contributed by atoms with Gasteiger partial charge in [0.15, 0.2) is 0 Å². The first kappa shape index (κ1) is 16.5. The molecule has 18 heavy (non-hydrogen) atoms. The van der Waals surface area contributed by atoms with Crippen molar-refractivity contribution in [1.29, 1.82) is 0 Å². The fourth-order valence-corrected chi connectivity index (χ4v) is 2.70. The average molecular weight is 492 g/mol. The Hall–Kier alpha value is 0.484. The molecule has 1 aromatic carbocycles. The second-order valence-electron chi connectivity index (χ2n) is 3.81. The Morgan fingerprint density at radius 2 is 2.06 bits per heavy atom. The van der Waals surface area contributed by atoms with Crippen molar-refractivity contribution in [2.75, 3.05) is 0 Å². The van der Waals surface area contributed by atoms with Crippen LogP contribution in [-0.4, -0.2) is 4.57 Å². The number of hydrogen-bond acceptors (Lipinski definition) is 1. The van der Waals surface area contributed by atoms with Crippen LogP contribution in [0.25, 0.3) is 11.3 Å². The summed E-state index contributed by atoms with van der Waals surface area (Å²) in [6.45, 7) is 2.02. The number of aromatic nitrogens is 1. The zero-order valence-electron chi connectivity index (χ0n) is 10.00. The van der Waals surface area contributed by atoms with Crippen molar-refractivity contribution in [3.8, 4) is 11.3 Å². The van der Waals surface area contributed by atoms with E-state index in [1.165, 1.54) is 0 Å². The van der Waals surface area contributed by atoms with Crippen LogP contribution in [-0.2, 0) is 39.8 Å². The topological polar surface area (TPSA) is 22.0 Å². The van der Waals surface area contributed by atoms with E-state index in [1.807, 2.05) is 47.7 Å². The Labute approximate surface area is 153 Å². The first-order chi connectivity index (χ1) is 8.00. The summed E-state index contributed by atoms with van der Waals surface area (Å²) in [5, 5.41) is 0. The molecule has 0 bridgehead atoms. The summed E-state index contributed by atoms with van der Waals surface area (Å²) < 4.78 is 3.36. The van der Waals surface area contributed by atoms with Gasteiger partial charge in [0, 0.05) is 44.2 Å². The molecule has 0 amide bonds. The summed E-state index contributed by atoms with van der Waals surface area (Å²) in [5.74, 6) is 0. The van der Waals surface area contributed by atoms with Crippen molar-refractivity contribution in [3.05, 3.63) is 54.3 Å². The summed E-state index contributed by atoms with van der Waals surface area (Å²) in [6, 6.07) is 10.9. The van der Waals surface area contributed by atoms with E-state index in [1.54, 1.807) is 17.7 Å². The van der Waals surface area contributed by atoms with Crippen molar-refractivity contribution in [2.45, 2.75) is 6.92 Å². The third kappa shape index (κ3) is 3.32. The molecule has 2 aromatic rings. The largest absolute Gasteiger partial charge is 0.345 e. The van der Waals surface area contributed by atoms with Gasteiger partial charge in [0.05, 0.1) is 0 Å². The maximum absolute atomic E-state index is 11.9. The second kappa shape index (κ2) is 6.77. The van der Waals surface area contributed by atoms with Gasteiger partial charge < -0.3 is 4.57 Å². The molecule has 0 fully saturated rings. The Morgan fingerprint density at radius 3 is 2.67 bits per heavy atom. The molecular formula is C13H10BrINOY-. The molecule has 0 aliphatic carbocycles. The third-order valence-electron chi connectivity index (χ3n) is 2.62. The molecule has 0 saturated heterocycles. The number of pyridine rings is 1. The monoisotopic (exact) mass is 491 g/mol. The van der Waals surface area contributed by atoms with E-state index in [2.05, 4.69) is 22.0 Å². The van der Waals surface area contributed by atoms with Gasteiger partial charge in [-0.3, -0.25) is 4.79 Å². The fraction of sp³-hybridized carbons (Fsp3) is 0.154. The molecule has 0 saturated carbocycles. The minimum absolute atomic E-state index is 0. The summed E-state index contributed by atoms with van der Waals surface area (Å²) in [4.78, 5) is 11.9. The molecule has 0 aliphatic heterocycles. The van der Waals surface area contributed by atoms with Crippen LogP contribution in [0.15, 0.2) is 33.5 Å². The average Bonchev–Trinajstić information content (AvgIpc) is 2.28.